The van der Waals surface area contributed by atoms with Crippen LogP contribution in [0.25, 0.3) is 10.9 Å². The number of aromatic amines is 1. The van der Waals surface area contributed by atoms with Crippen LogP contribution in [0.3, 0.4) is 0 Å². The zero-order valence-electron chi connectivity index (χ0n) is 11.5. The lowest BCUT2D eigenvalue weighted by Crippen LogP contribution is -2.42. The lowest BCUT2D eigenvalue weighted by Gasteiger charge is -2.20. The van der Waals surface area contributed by atoms with Crippen LogP contribution in [-0.4, -0.2) is 36.3 Å². The molecular weight excluding hydrogens is 280 g/mol. The van der Waals surface area contributed by atoms with Crippen molar-refractivity contribution >= 4 is 22.5 Å². The molecule has 1 aromatic carbocycles. The number of amides is 1. The second-order valence-corrected chi connectivity index (χ2v) is 5.25. The third-order valence-corrected chi connectivity index (χ3v) is 3.99. The van der Waals surface area contributed by atoms with Gasteiger partial charge in [0.15, 0.2) is 0 Å². The van der Waals surface area contributed by atoms with Crippen LogP contribution in [0.1, 0.15) is 11.4 Å². The zero-order chi connectivity index (χ0) is 15.4. The molecule has 7 heteroatoms. The van der Waals surface area contributed by atoms with Crippen molar-refractivity contribution < 1.29 is 13.6 Å². The maximum absolute atomic E-state index is 13.4. The Bertz CT molecular complexity index is 812. The van der Waals surface area contributed by atoms with Gasteiger partial charge in [-0.15, -0.1) is 0 Å². The molecule has 110 valence electrons. The summed E-state index contributed by atoms with van der Waals surface area (Å²) in [5.41, 5.74) is -1.27. The lowest BCUT2D eigenvalue weighted by molar-refractivity contribution is -0.124. The summed E-state index contributed by atoms with van der Waals surface area (Å²) in [6, 6.07) is 2.90. The van der Waals surface area contributed by atoms with Gasteiger partial charge in [-0.05, 0) is 24.6 Å². The summed E-state index contributed by atoms with van der Waals surface area (Å²) in [5.74, 6) is -0.215. The molecule has 0 aliphatic carbocycles. The van der Waals surface area contributed by atoms with Gasteiger partial charge in [0.25, 0.3) is 5.56 Å². The number of fused-ring (bicyclic) bond motifs is 2. The van der Waals surface area contributed by atoms with Gasteiger partial charge in [-0.3, -0.25) is 9.59 Å². The quantitative estimate of drug-likeness (QED) is 0.910. The van der Waals surface area contributed by atoms with Crippen LogP contribution in [0.5, 0.6) is 0 Å². The molecule has 0 fully saturated rings. The largest absolute Gasteiger partial charge is 0.314 e. The zero-order valence-corrected chi connectivity index (χ0v) is 11.5. The smallest absolute Gasteiger partial charge is 0.258 e. The fraction of sp³-hybridized carbons (Fsp3) is 0.357. The number of H-pyrrole nitrogens is 1. The van der Waals surface area contributed by atoms with E-state index in [4.69, 9.17) is 0 Å². The van der Waals surface area contributed by atoms with Gasteiger partial charge in [-0.2, -0.15) is 0 Å². The Hall–Kier alpha value is -2.31. The molecule has 1 aromatic heterocycles. The van der Waals surface area contributed by atoms with E-state index in [9.17, 15) is 18.4 Å². The van der Waals surface area contributed by atoms with Crippen LogP contribution < -0.4 is 10.5 Å². The van der Waals surface area contributed by atoms with E-state index in [-0.39, 0.29) is 10.9 Å². The molecule has 0 spiro atoms. The Morgan fingerprint density at radius 3 is 2.57 bits per heavy atom. The highest BCUT2D eigenvalue weighted by atomic mass is 19.1. The second-order valence-electron chi connectivity index (χ2n) is 5.25. The maximum atomic E-state index is 13.4. The monoisotopic (exact) mass is 293 g/mol. The van der Waals surface area contributed by atoms with Crippen molar-refractivity contribution in [1.29, 1.82) is 0 Å². The van der Waals surface area contributed by atoms with Gasteiger partial charge >= 0.3 is 0 Å². The van der Waals surface area contributed by atoms with Crippen molar-refractivity contribution in [2.24, 2.45) is 0 Å². The van der Waals surface area contributed by atoms with Crippen LogP contribution in [-0.2, 0) is 10.2 Å². The molecule has 0 saturated heterocycles. The summed E-state index contributed by atoms with van der Waals surface area (Å²) in [7, 11) is 1.46. The Kier molecular flexibility index (Phi) is 2.82. The Morgan fingerprint density at radius 2 is 1.95 bits per heavy atom. The van der Waals surface area contributed by atoms with Gasteiger partial charge in [0, 0.05) is 12.7 Å². The molecule has 2 heterocycles. The number of carbonyl (C=O) groups excluding carboxylic acids is 1. The molecule has 0 bridgehead atoms. The molecule has 0 atom stereocenters. The van der Waals surface area contributed by atoms with E-state index < -0.39 is 30.2 Å². The van der Waals surface area contributed by atoms with Crippen molar-refractivity contribution in [1.82, 2.24) is 9.97 Å². The number of alkyl halides is 2. The Morgan fingerprint density at radius 1 is 1.29 bits per heavy atom. The highest BCUT2D eigenvalue weighted by Gasteiger charge is 2.50. The number of rotatable bonds is 2. The molecule has 0 saturated carbocycles. The fourth-order valence-electron chi connectivity index (χ4n) is 2.79. The third kappa shape index (κ3) is 1.63. The molecule has 2 aromatic rings. The summed E-state index contributed by atoms with van der Waals surface area (Å²) in [6.07, 6.45) is 0. The summed E-state index contributed by atoms with van der Waals surface area (Å²) in [5, 5.41) is 0.216. The van der Waals surface area contributed by atoms with Crippen molar-refractivity contribution in [3.63, 3.8) is 0 Å². The molecule has 1 aliphatic rings. The number of aromatic nitrogens is 2. The summed E-state index contributed by atoms with van der Waals surface area (Å²) in [6.45, 7) is -0.666. The predicted octanol–water partition coefficient (Wildman–Crippen LogP) is 1.38. The van der Waals surface area contributed by atoms with Crippen molar-refractivity contribution in [2.75, 3.05) is 25.3 Å². The van der Waals surface area contributed by atoms with Gasteiger partial charge in [0.1, 0.15) is 24.6 Å². The highest BCUT2D eigenvalue weighted by molar-refractivity contribution is 6.10. The topological polar surface area (TPSA) is 66.1 Å². The number of nitrogens with zero attached hydrogens (tertiary/aromatic N) is 2. The molecule has 1 aliphatic heterocycles. The van der Waals surface area contributed by atoms with Crippen LogP contribution >= 0.6 is 0 Å². The van der Waals surface area contributed by atoms with Crippen LogP contribution in [0, 0.1) is 6.92 Å². The van der Waals surface area contributed by atoms with Gasteiger partial charge < -0.3 is 9.88 Å². The summed E-state index contributed by atoms with van der Waals surface area (Å²) >= 11 is 0. The molecule has 21 heavy (non-hydrogen) atoms. The SMILES string of the molecule is Cc1nc2cc3c(cc2c(=O)[nH]1)C(CF)(CF)C(=O)N3C. The van der Waals surface area contributed by atoms with Crippen LogP contribution in [0.4, 0.5) is 14.5 Å². The molecule has 0 unspecified atom stereocenters. The van der Waals surface area contributed by atoms with E-state index in [0.717, 1.165) is 0 Å². The van der Waals surface area contributed by atoms with E-state index in [1.807, 2.05) is 0 Å². The second kappa shape index (κ2) is 4.34. The first-order chi connectivity index (χ1) is 9.94. The highest BCUT2D eigenvalue weighted by Crippen LogP contribution is 2.43. The van der Waals surface area contributed by atoms with Crippen molar-refractivity contribution in [3.05, 3.63) is 33.9 Å². The average Bonchev–Trinajstić information content (AvgIpc) is 2.66. The molecule has 5 nitrogen and oxygen atoms in total. The Balaban J connectivity index is 2.41. The number of hydrogen-bond acceptors (Lipinski definition) is 3. The van der Waals surface area contributed by atoms with Gasteiger partial charge in [-0.25, -0.2) is 13.8 Å². The lowest BCUT2D eigenvalue weighted by atomic mass is 9.84. The number of likely N-dealkylation sites (N-methyl/N-ethyl adjacent to an activating group) is 1. The Labute approximate surface area is 118 Å². The standard InChI is InChI=1S/C14H13F2N3O2/c1-7-17-10-4-11-9(3-8(10)12(20)18-7)14(5-15,6-16)13(21)19(11)2/h3-4H,5-6H2,1-2H3,(H,17,18,20). The van der Waals surface area contributed by atoms with Crippen molar-refractivity contribution in [3.8, 4) is 0 Å². The number of aryl methyl sites for hydroxylation is 1. The minimum absolute atomic E-state index is 0.198. The number of carbonyl (C=O) groups is 1. The van der Waals surface area contributed by atoms with Gasteiger partial charge in [-0.1, -0.05) is 0 Å². The number of hydrogen-bond donors (Lipinski definition) is 1. The van der Waals surface area contributed by atoms with E-state index in [1.54, 1.807) is 6.92 Å². The number of nitrogens with one attached hydrogen (secondary N) is 1. The first-order valence-electron chi connectivity index (χ1n) is 6.40. The number of benzene rings is 1. The first kappa shape index (κ1) is 13.7. The number of halogens is 2. The number of anilines is 1. The minimum Gasteiger partial charge on any atom is -0.314 e. The molecular formula is C14H13F2N3O2. The molecule has 0 radical (unpaired) electrons. The molecule has 1 N–H and O–H groups in total. The van der Waals surface area contributed by atoms with E-state index in [0.29, 0.717) is 17.0 Å². The average molecular weight is 293 g/mol. The predicted molar refractivity (Wildman–Crippen MR) is 74.1 cm³/mol. The molecule has 1 amide bonds. The summed E-state index contributed by atoms with van der Waals surface area (Å²) < 4.78 is 26.9. The van der Waals surface area contributed by atoms with E-state index in [2.05, 4.69) is 9.97 Å². The van der Waals surface area contributed by atoms with E-state index >= 15 is 0 Å². The first-order valence-corrected chi connectivity index (χ1v) is 6.40. The normalized spacial score (nSPS) is 16.6. The van der Waals surface area contributed by atoms with Crippen LogP contribution in [0.2, 0.25) is 0 Å². The van der Waals surface area contributed by atoms with E-state index in [1.165, 1.54) is 24.1 Å². The summed E-state index contributed by atoms with van der Waals surface area (Å²) in [4.78, 5) is 32.1. The van der Waals surface area contributed by atoms with Gasteiger partial charge in [0.2, 0.25) is 5.91 Å². The third-order valence-electron chi connectivity index (χ3n) is 3.99. The van der Waals surface area contributed by atoms with Gasteiger partial charge in [0.05, 0.1) is 10.9 Å². The van der Waals surface area contributed by atoms with Crippen molar-refractivity contribution in [2.45, 2.75) is 12.3 Å². The van der Waals surface area contributed by atoms with Crippen LogP contribution in [0.15, 0.2) is 16.9 Å². The molecule has 3 rings (SSSR count). The maximum Gasteiger partial charge on any atom is 0.258 e. The fourth-order valence-corrected chi connectivity index (χ4v) is 2.79. The minimum atomic E-state index is -1.85.